The van der Waals surface area contributed by atoms with Crippen molar-refractivity contribution in [2.75, 3.05) is 14.2 Å². The Hall–Kier alpha value is -1.26. The number of benzene rings is 2. The fraction of sp³-hybridized carbons (Fsp3) is 0.200. The van der Waals surface area contributed by atoms with Gasteiger partial charge >= 0.3 is 0 Å². The Labute approximate surface area is 130 Å². The van der Waals surface area contributed by atoms with Crippen LogP contribution in [0.3, 0.4) is 0 Å². The lowest BCUT2D eigenvalue weighted by Crippen LogP contribution is -2.00. The summed E-state index contributed by atoms with van der Waals surface area (Å²) in [5.74, 6) is 0.767. The van der Waals surface area contributed by atoms with E-state index in [0.29, 0.717) is 22.1 Å². The lowest BCUT2D eigenvalue weighted by Gasteiger charge is -2.16. The highest BCUT2D eigenvalue weighted by Crippen LogP contribution is 2.39. The number of ether oxygens (including phenoxy) is 2. The van der Waals surface area contributed by atoms with Crippen molar-refractivity contribution in [3.05, 3.63) is 58.4 Å². The van der Waals surface area contributed by atoms with Crippen molar-refractivity contribution < 1.29 is 13.9 Å². The molecule has 0 saturated carbocycles. The Bertz CT molecular complexity index is 619. The van der Waals surface area contributed by atoms with Gasteiger partial charge in [-0.25, -0.2) is 4.39 Å². The van der Waals surface area contributed by atoms with Gasteiger partial charge in [0.2, 0.25) is 0 Å². The predicted octanol–water partition coefficient (Wildman–Crippen LogP) is 4.98. The molecule has 0 bridgehead atoms. The molecule has 0 aromatic heterocycles. The standard InChI is InChI=1S/C15H13BrClFO2/c1-19-10-4-5-11(13(18)8-10)15(16)12-7-9(17)3-6-14(12)20-2/h3-8,15H,1-2H3. The summed E-state index contributed by atoms with van der Waals surface area (Å²) in [4.78, 5) is -0.359. The minimum atomic E-state index is -0.359. The van der Waals surface area contributed by atoms with E-state index in [-0.39, 0.29) is 10.6 Å². The van der Waals surface area contributed by atoms with Crippen LogP contribution in [0.25, 0.3) is 0 Å². The van der Waals surface area contributed by atoms with Gasteiger partial charge in [-0.15, -0.1) is 0 Å². The van der Waals surface area contributed by atoms with E-state index in [1.807, 2.05) is 0 Å². The fourth-order valence-corrected chi connectivity index (χ4v) is 2.82. The molecule has 2 aromatic carbocycles. The van der Waals surface area contributed by atoms with Gasteiger partial charge in [0.25, 0.3) is 0 Å². The highest BCUT2D eigenvalue weighted by atomic mass is 79.9. The molecule has 0 aliphatic carbocycles. The second-order valence-corrected chi connectivity index (χ2v) is 5.49. The van der Waals surface area contributed by atoms with E-state index >= 15 is 0 Å². The molecule has 2 aromatic rings. The summed E-state index contributed by atoms with van der Waals surface area (Å²) < 4.78 is 24.4. The van der Waals surface area contributed by atoms with Crippen LogP contribution in [-0.4, -0.2) is 14.2 Å². The number of halogens is 3. The summed E-state index contributed by atoms with van der Waals surface area (Å²) in [5, 5.41) is 0.569. The van der Waals surface area contributed by atoms with E-state index in [4.69, 9.17) is 21.1 Å². The largest absolute Gasteiger partial charge is 0.497 e. The zero-order chi connectivity index (χ0) is 14.7. The van der Waals surface area contributed by atoms with Crippen LogP contribution in [-0.2, 0) is 0 Å². The smallest absolute Gasteiger partial charge is 0.131 e. The number of hydrogen-bond donors (Lipinski definition) is 0. The first-order chi connectivity index (χ1) is 9.56. The molecule has 0 aliphatic heterocycles. The Morgan fingerprint density at radius 1 is 1.05 bits per heavy atom. The molecule has 0 saturated heterocycles. The first kappa shape index (κ1) is 15.1. The predicted molar refractivity (Wildman–Crippen MR) is 81.7 cm³/mol. The van der Waals surface area contributed by atoms with Crippen molar-refractivity contribution in [1.82, 2.24) is 0 Å². The van der Waals surface area contributed by atoms with Crippen LogP contribution in [0.5, 0.6) is 11.5 Å². The van der Waals surface area contributed by atoms with E-state index in [1.54, 1.807) is 37.4 Å². The number of alkyl halides is 1. The van der Waals surface area contributed by atoms with Gasteiger partial charge in [0.05, 0.1) is 19.0 Å². The first-order valence-electron chi connectivity index (χ1n) is 5.87. The molecule has 0 spiro atoms. The summed E-state index contributed by atoms with van der Waals surface area (Å²) in [6.07, 6.45) is 0. The second kappa shape index (κ2) is 6.46. The molecular formula is C15H13BrClFO2. The molecule has 0 N–H and O–H groups in total. The van der Waals surface area contributed by atoms with Gasteiger partial charge in [-0.2, -0.15) is 0 Å². The quantitative estimate of drug-likeness (QED) is 0.717. The van der Waals surface area contributed by atoms with Crippen LogP contribution in [0, 0.1) is 5.82 Å². The van der Waals surface area contributed by atoms with Crippen molar-refractivity contribution in [2.45, 2.75) is 4.83 Å². The normalized spacial score (nSPS) is 12.1. The average Bonchev–Trinajstić information content (AvgIpc) is 2.46. The van der Waals surface area contributed by atoms with Gasteiger partial charge in [-0.1, -0.05) is 33.6 Å². The molecule has 0 fully saturated rings. The van der Waals surface area contributed by atoms with Gasteiger partial charge in [-0.3, -0.25) is 0 Å². The van der Waals surface area contributed by atoms with Crippen molar-refractivity contribution >= 4 is 27.5 Å². The van der Waals surface area contributed by atoms with Crippen molar-refractivity contribution in [3.8, 4) is 11.5 Å². The van der Waals surface area contributed by atoms with Crippen molar-refractivity contribution in [1.29, 1.82) is 0 Å². The lowest BCUT2D eigenvalue weighted by molar-refractivity contribution is 0.408. The highest BCUT2D eigenvalue weighted by Gasteiger charge is 2.19. The van der Waals surface area contributed by atoms with Gasteiger partial charge in [0.15, 0.2) is 0 Å². The maximum atomic E-state index is 14.1. The molecule has 20 heavy (non-hydrogen) atoms. The van der Waals surface area contributed by atoms with Gasteiger partial charge < -0.3 is 9.47 Å². The Kier molecular flexibility index (Phi) is 4.89. The van der Waals surface area contributed by atoms with Gasteiger partial charge in [0, 0.05) is 22.2 Å². The van der Waals surface area contributed by atoms with E-state index in [1.165, 1.54) is 13.2 Å². The number of hydrogen-bond acceptors (Lipinski definition) is 2. The summed E-state index contributed by atoms with van der Waals surface area (Å²) in [7, 11) is 3.07. The minimum absolute atomic E-state index is 0.353. The molecule has 2 rings (SSSR count). The number of rotatable bonds is 4. The molecule has 2 nitrogen and oxygen atoms in total. The van der Waals surface area contributed by atoms with E-state index in [2.05, 4.69) is 15.9 Å². The maximum Gasteiger partial charge on any atom is 0.131 e. The molecule has 0 radical (unpaired) electrons. The van der Waals surface area contributed by atoms with Crippen LogP contribution in [0.2, 0.25) is 5.02 Å². The summed E-state index contributed by atoms with van der Waals surface area (Å²) in [6.45, 7) is 0. The molecule has 0 amide bonds. The molecule has 0 aliphatic rings. The maximum absolute atomic E-state index is 14.1. The Morgan fingerprint density at radius 2 is 1.80 bits per heavy atom. The fourth-order valence-electron chi connectivity index (χ4n) is 1.91. The van der Waals surface area contributed by atoms with Gasteiger partial charge in [-0.05, 0) is 24.3 Å². The Morgan fingerprint density at radius 3 is 2.40 bits per heavy atom. The third-order valence-corrected chi connectivity index (χ3v) is 4.17. The number of methoxy groups -OCH3 is 2. The zero-order valence-electron chi connectivity index (χ0n) is 11.0. The minimum Gasteiger partial charge on any atom is -0.497 e. The lowest BCUT2D eigenvalue weighted by atomic mass is 10.0. The summed E-state index contributed by atoms with van der Waals surface area (Å²) in [6, 6.07) is 9.98. The average molecular weight is 360 g/mol. The second-order valence-electron chi connectivity index (χ2n) is 4.14. The molecule has 1 unspecified atom stereocenters. The van der Waals surface area contributed by atoms with Crippen LogP contribution in [0.15, 0.2) is 36.4 Å². The van der Waals surface area contributed by atoms with Crippen LogP contribution in [0.1, 0.15) is 16.0 Å². The molecular weight excluding hydrogens is 347 g/mol. The molecule has 5 heteroatoms. The summed E-state index contributed by atoms with van der Waals surface area (Å²) >= 11 is 9.50. The van der Waals surface area contributed by atoms with E-state index < -0.39 is 0 Å². The third kappa shape index (κ3) is 3.07. The highest BCUT2D eigenvalue weighted by molar-refractivity contribution is 9.09. The molecule has 106 valence electrons. The SMILES string of the molecule is COc1ccc(C(Br)c2cc(Cl)ccc2OC)c(F)c1. The molecule has 0 heterocycles. The summed E-state index contributed by atoms with van der Waals surface area (Å²) in [5.41, 5.74) is 1.26. The van der Waals surface area contributed by atoms with Crippen LogP contribution < -0.4 is 9.47 Å². The van der Waals surface area contributed by atoms with Crippen molar-refractivity contribution in [2.24, 2.45) is 0 Å². The zero-order valence-corrected chi connectivity index (χ0v) is 13.3. The van der Waals surface area contributed by atoms with Gasteiger partial charge in [0.1, 0.15) is 17.3 Å². The molecule has 1 atom stereocenters. The van der Waals surface area contributed by atoms with Crippen LogP contribution in [0.4, 0.5) is 4.39 Å². The van der Waals surface area contributed by atoms with E-state index in [0.717, 1.165) is 5.56 Å². The third-order valence-electron chi connectivity index (χ3n) is 2.95. The van der Waals surface area contributed by atoms with E-state index in [9.17, 15) is 4.39 Å². The van der Waals surface area contributed by atoms with Crippen LogP contribution >= 0.6 is 27.5 Å². The Balaban J connectivity index is 2.45. The monoisotopic (exact) mass is 358 g/mol. The first-order valence-corrected chi connectivity index (χ1v) is 7.17. The van der Waals surface area contributed by atoms with Crippen molar-refractivity contribution in [3.63, 3.8) is 0 Å². The topological polar surface area (TPSA) is 18.5 Å².